The van der Waals surface area contributed by atoms with Crippen molar-refractivity contribution in [3.63, 3.8) is 0 Å². The summed E-state index contributed by atoms with van der Waals surface area (Å²) >= 11 is 0. The van der Waals surface area contributed by atoms with Crippen LogP contribution in [0, 0.1) is 11.8 Å². The summed E-state index contributed by atoms with van der Waals surface area (Å²) in [6, 6.07) is 5.80. The van der Waals surface area contributed by atoms with Crippen LogP contribution in [0.4, 0.5) is 0 Å². The summed E-state index contributed by atoms with van der Waals surface area (Å²) in [5.41, 5.74) is 1.84. The van der Waals surface area contributed by atoms with E-state index in [1.54, 1.807) is 7.11 Å². The van der Waals surface area contributed by atoms with E-state index in [4.69, 9.17) is 19.3 Å². The van der Waals surface area contributed by atoms with Crippen molar-refractivity contribution >= 4 is 0 Å². The van der Waals surface area contributed by atoms with E-state index in [1.807, 2.05) is 32.0 Å². The molecule has 1 rings (SSSR count). The molecule has 0 aliphatic carbocycles. The molecule has 0 saturated carbocycles. The van der Waals surface area contributed by atoms with Crippen molar-refractivity contribution in [3.8, 4) is 17.6 Å². The highest BCUT2D eigenvalue weighted by Crippen LogP contribution is 2.19. The molecule has 0 radical (unpaired) electrons. The lowest BCUT2D eigenvalue weighted by molar-refractivity contribution is -0.0116. The number of hydrogen-bond donors (Lipinski definition) is 1. The van der Waals surface area contributed by atoms with Crippen molar-refractivity contribution in [1.29, 1.82) is 0 Å². The van der Waals surface area contributed by atoms with E-state index in [2.05, 4.69) is 11.8 Å². The largest absolute Gasteiger partial charge is 0.495 e. The number of hydrogen-bond acceptors (Lipinski definition) is 4. The summed E-state index contributed by atoms with van der Waals surface area (Å²) < 4.78 is 16.3. The van der Waals surface area contributed by atoms with Gasteiger partial charge in [0.05, 0.1) is 38.6 Å². The first-order valence-electron chi connectivity index (χ1n) is 7.17. The van der Waals surface area contributed by atoms with Crippen molar-refractivity contribution < 1.29 is 19.3 Å². The third kappa shape index (κ3) is 6.63. The van der Waals surface area contributed by atoms with Gasteiger partial charge in [0, 0.05) is 13.0 Å². The third-order valence-electron chi connectivity index (χ3n) is 2.81. The monoisotopic (exact) mass is 292 g/mol. The maximum Gasteiger partial charge on any atom is 0.134 e. The molecule has 0 aromatic heterocycles. The molecular formula is C17H24O4. The second-order valence-electron chi connectivity index (χ2n) is 4.59. The van der Waals surface area contributed by atoms with Gasteiger partial charge in [-0.1, -0.05) is 17.9 Å². The summed E-state index contributed by atoms with van der Waals surface area (Å²) in [4.78, 5) is 0. The molecule has 0 amide bonds. The molecule has 116 valence electrons. The second-order valence-corrected chi connectivity index (χ2v) is 4.59. The van der Waals surface area contributed by atoms with Crippen LogP contribution in [0.2, 0.25) is 0 Å². The third-order valence-corrected chi connectivity index (χ3v) is 2.81. The number of rotatable bonds is 8. The topological polar surface area (TPSA) is 47.9 Å². The minimum Gasteiger partial charge on any atom is -0.495 e. The number of methoxy groups -OCH3 is 1. The first-order chi connectivity index (χ1) is 10.2. The Morgan fingerprint density at radius 2 is 2.14 bits per heavy atom. The number of ether oxygens (including phenoxy) is 3. The van der Waals surface area contributed by atoms with Crippen molar-refractivity contribution in [2.24, 2.45) is 0 Å². The zero-order valence-electron chi connectivity index (χ0n) is 13.0. The summed E-state index contributed by atoms with van der Waals surface area (Å²) in [5, 5.41) is 8.78. The molecule has 1 atom stereocenters. The van der Waals surface area contributed by atoms with E-state index in [1.165, 1.54) is 0 Å². The number of aliphatic hydroxyl groups is 1. The predicted octanol–water partition coefficient (Wildman–Crippen LogP) is 2.37. The molecule has 0 fully saturated rings. The molecule has 1 aromatic rings. The van der Waals surface area contributed by atoms with Gasteiger partial charge in [0.1, 0.15) is 5.75 Å². The molecule has 4 heteroatoms. The van der Waals surface area contributed by atoms with Gasteiger partial charge in [0.15, 0.2) is 0 Å². The highest BCUT2D eigenvalue weighted by molar-refractivity contribution is 5.48. The van der Waals surface area contributed by atoms with E-state index in [0.29, 0.717) is 26.2 Å². The van der Waals surface area contributed by atoms with Crippen molar-refractivity contribution in [1.82, 2.24) is 0 Å². The Balaban J connectivity index is 2.67. The molecule has 4 nitrogen and oxygen atoms in total. The Morgan fingerprint density at radius 1 is 1.33 bits per heavy atom. The van der Waals surface area contributed by atoms with Crippen LogP contribution >= 0.6 is 0 Å². The standard InChI is InChI=1S/C17H24O4/c1-4-20-12-14(2)21-13-15-8-9-17(19-3)16(11-15)7-5-6-10-18/h8-9,11,14,18H,4,6,10,12-13H2,1-3H3. The van der Waals surface area contributed by atoms with Gasteiger partial charge < -0.3 is 19.3 Å². The quantitative estimate of drug-likeness (QED) is 0.747. The smallest absolute Gasteiger partial charge is 0.134 e. The minimum atomic E-state index is 0.0518. The van der Waals surface area contributed by atoms with Crippen molar-refractivity contribution in [2.45, 2.75) is 33.0 Å². The Bertz CT molecular complexity index is 473. The summed E-state index contributed by atoms with van der Waals surface area (Å²) in [6.45, 7) is 5.81. The lowest BCUT2D eigenvalue weighted by Crippen LogP contribution is -2.15. The molecular weight excluding hydrogens is 268 g/mol. The van der Waals surface area contributed by atoms with Gasteiger partial charge in [0.25, 0.3) is 0 Å². The van der Waals surface area contributed by atoms with E-state index < -0.39 is 0 Å². The Kier molecular flexibility index (Phi) is 8.53. The Hall–Kier alpha value is -1.54. The minimum absolute atomic E-state index is 0.0518. The molecule has 0 spiro atoms. The Morgan fingerprint density at radius 3 is 2.81 bits per heavy atom. The second kappa shape index (κ2) is 10.2. The predicted molar refractivity (Wildman–Crippen MR) is 82.3 cm³/mol. The maximum absolute atomic E-state index is 8.78. The molecule has 0 saturated heterocycles. The van der Waals surface area contributed by atoms with Gasteiger partial charge in [-0.05, 0) is 31.5 Å². The fourth-order valence-electron chi connectivity index (χ4n) is 1.73. The number of aliphatic hydroxyl groups excluding tert-OH is 1. The van der Waals surface area contributed by atoms with Crippen molar-refractivity contribution in [3.05, 3.63) is 29.3 Å². The fraction of sp³-hybridized carbons (Fsp3) is 0.529. The number of benzene rings is 1. The van der Waals surface area contributed by atoms with Crippen LogP contribution in [0.5, 0.6) is 5.75 Å². The van der Waals surface area contributed by atoms with E-state index in [9.17, 15) is 0 Å². The van der Waals surface area contributed by atoms with Gasteiger partial charge in [-0.2, -0.15) is 0 Å². The zero-order valence-corrected chi connectivity index (χ0v) is 13.0. The summed E-state index contributed by atoms with van der Waals surface area (Å²) in [7, 11) is 1.62. The average Bonchev–Trinajstić information content (AvgIpc) is 2.51. The van der Waals surface area contributed by atoms with Gasteiger partial charge in [-0.3, -0.25) is 0 Å². The van der Waals surface area contributed by atoms with E-state index in [0.717, 1.165) is 16.9 Å². The van der Waals surface area contributed by atoms with Gasteiger partial charge in [-0.25, -0.2) is 0 Å². The molecule has 0 aliphatic rings. The lowest BCUT2D eigenvalue weighted by atomic mass is 10.1. The van der Waals surface area contributed by atoms with Gasteiger partial charge >= 0.3 is 0 Å². The highest BCUT2D eigenvalue weighted by Gasteiger charge is 2.05. The summed E-state index contributed by atoms with van der Waals surface area (Å²) in [6.07, 6.45) is 0.505. The highest BCUT2D eigenvalue weighted by atomic mass is 16.5. The normalized spacial score (nSPS) is 11.6. The molecule has 1 aromatic carbocycles. The Labute approximate surface area is 127 Å². The van der Waals surface area contributed by atoms with Crippen LogP contribution in [0.3, 0.4) is 0 Å². The molecule has 21 heavy (non-hydrogen) atoms. The van der Waals surface area contributed by atoms with E-state index in [-0.39, 0.29) is 12.7 Å². The van der Waals surface area contributed by atoms with Crippen LogP contribution in [-0.2, 0) is 16.1 Å². The van der Waals surface area contributed by atoms with Crippen LogP contribution in [-0.4, -0.2) is 38.1 Å². The molecule has 1 N–H and O–H groups in total. The fourth-order valence-corrected chi connectivity index (χ4v) is 1.73. The maximum atomic E-state index is 8.78. The lowest BCUT2D eigenvalue weighted by Gasteiger charge is -2.13. The zero-order chi connectivity index (χ0) is 15.5. The van der Waals surface area contributed by atoms with Gasteiger partial charge in [0.2, 0.25) is 0 Å². The van der Waals surface area contributed by atoms with Crippen LogP contribution < -0.4 is 4.74 Å². The molecule has 0 bridgehead atoms. The van der Waals surface area contributed by atoms with Crippen LogP contribution in [0.1, 0.15) is 31.4 Å². The van der Waals surface area contributed by atoms with Crippen molar-refractivity contribution in [2.75, 3.05) is 26.9 Å². The van der Waals surface area contributed by atoms with Crippen LogP contribution in [0.25, 0.3) is 0 Å². The average molecular weight is 292 g/mol. The van der Waals surface area contributed by atoms with Gasteiger partial charge in [-0.15, -0.1) is 0 Å². The first kappa shape index (κ1) is 17.5. The molecule has 0 aliphatic heterocycles. The molecule has 0 heterocycles. The van der Waals surface area contributed by atoms with Crippen LogP contribution in [0.15, 0.2) is 18.2 Å². The summed E-state index contributed by atoms with van der Waals surface area (Å²) in [5.74, 6) is 6.65. The molecule has 1 unspecified atom stereocenters. The van der Waals surface area contributed by atoms with E-state index >= 15 is 0 Å². The first-order valence-corrected chi connectivity index (χ1v) is 7.17. The SMILES string of the molecule is CCOCC(C)OCc1ccc(OC)c(C#CCCO)c1.